The van der Waals surface area contributed by atoms with Crippen LogP contribution in [-0.4, -0.2) is 11.1 Å². The summed E-state index contributed by atoms with van der Waals surface area (Å²) in [6.07, 6.45) is 2.05. The van der Waals surface area contributed by atoms with Crippen LogP contribution in [0.2, 0.25) is 0 Å². The van der Waals surface area contributed by atoms with Gasteiger partial charge in [0.1, 0.15) is 11.6 Å². The molecule has 1 aliphatic rings. The topological polar surface area (TPSA) is 37.3 Å². The number of hydrogen-bond donors (Lipinski definition) is 1. The Morgan fingerprint density at radius 2 is 1.81 bits per heavy atom. The molecule has 1 fully saturated rings. The van der Waals surface area contributed by atoms with E-state index in [1.54, 1.807) is 0 Å². The van der Waals surface area contributed by atoms with Crippen molar-refractivity contribution in [1.82, 2.24) is 0 Å². The number of carboxylic acid groups (broad SMARTS) is 1. The second-order valence-electron chi connectivity index (χ2n) is 4.18. The zero-order valence-electron chi connectivity index (χ0n) is 8.62. The van der Waals surface area contributed by atoms with Crippen LogP contribution in [0.1, 0.15) is 30.7 Å². The van der Waals surface area contributed by atoms with Gasteiger partial charge < -0.3 is 5.11 Å². The lowest BCUT2D eigenvalue weighted by molar-refractivity contribution is -0.142. The van der Waals surface area contributed by atoms with Crippen LogP contribution in [0.25, 0.3) is 0 Å². The molecule has 2 rings (SSSR count). The standard InChI is InChI=1S/C12H12F2O2/c13-8-4-7(5-9(14)6-8)10-2-1-3-11(10)12(15)16/h4-6,10-11H,1-3H2,(H,15,16). The fraction of sp³-hybridized carbons (Fsp3) is 0.417. The minimum atomic E-state index is -0.882. The molecule has 1 aromatic rings. The summed E-state index contributed by atoms with van der Waals surface area (Å²) in [5.41, 5.74) is 0.461. The van der Waals surface area contributed by atoms with E-state index < -0.39 is 23.5 Å². The first-order chi connectivity index (χ1) is 7.58. The van der Waals surface area contributed by atoms with E-state index >= 15 is 0 Å². The van der Waals surface area contributed by atoms with Crippen LogP contribution in [0, 0.1) is 17.6 Å². The van der Waals surface area contributed by atoms with Gasteiger partial charge in [0, 0.05) is 6.07 Å². The van der Waals surface area contributed by atoms with Gasteiger partial charge in [-0.25, -0.2) is 8.78 Å². The fourth-order valence-electron chi connectivity index (χ4n) is 2.44. The summed E-state index contributed by atoms with van der Waals surface area (Å²) in [6.45, 7) is 0. The van der Waals surface area contributed by atoms with Gasteiger partial charge in [-0.2, -0.15) is 0 Å². The third kappa shape index (κ3) is 2.05. The third-order valence-corrected chi connectivity index (χ3v) is 3.15. The Hall–Kier alpha value is -1.45. The number of carboxylic acids is 1. The molecule has 2 atom stereocenters. The summed E-state index contributed by atoms with van der Waals surface area (Å²) in [7, 11) is 0. The monoisotopic (exact) mass is 226 g/mol. The number of halogens is 2. The molecule has 16 heavy (non-hydrogen) atoms. The Bertz CT molecular complexity index is 397. The number of hydrogen-bond acceptors (Lipinski definition) is 1. The number of benzene rings is 1. The van der Waals surface area contributed by atoms with Crippen molar-refractivity contribution < 1.29 is 18.7 Å². The Morgan fingerprint density at radius 1 is 1.19 bits per heavy atom. The molecule has 0 saturated heterocycles. The molecule has 1 saturated carbocycles. The summed E-state index contributed by atoms with van der Waals surface area (Å²) in [6, 6.07) is 3.26. The number of rotatable bonds is 2. The Kier molecular flexibility index (Phi) is 2.90. The highest BCUT2D eigenvalue weighted by molar-refractivity contribution is 5.71. The second kappa shape index (κ2) is 4.20. The zero-order valence-corrected chi connectivity index (χ0v) is 8.62. The predicted octanol–water partition coefficient (Wildman–Crippen LogP) is 2.93. The van der Waals surface area contributed by atoms with Crippen molar-refractivity contribution in [2.45, 2.75) is 25.2 Å². The maximum Gasteiger partial charge on any atom is 0.307 e. The lowest BCUT2D eigenvalue weighted by atomic mass is 9.89. The van der Waals surface area contributed by atoms with Crippen LogP contribution in [0.15, 0.2) is 18.2 Å². The van der Waals surface area contributed by atoms with Crippen molar-refractivity contribution in [3.8, 4) is 0 Å². The molecule has 0 bridgehead atoms. The molecule has 1 N–H and O–H groups in total. The normalized spacial score (nSPS) is 24.6. The van der Waals surface area contributed by atoms with Crippen molar-refractivity contribution in [2.24, 2.45) is 5.92 Å². The predicted molar refractivity (Wildman–Crippen MR) is 54.1 cm³/mol. The summed E-state index contributed by atoms with van der Waals surface area (Å²) in [4.78, 5) is 11.0. The summed E-state index contributed by atoms with van der Waals surface area (Å²) < 4.78 is 26.0. The number of aliphatic carboxylic acids is 1. The van der Waals surface area contributed by atoms with Crippen LogP contribution < -0.4 is 0 Å². The second-order valence-corrected chi connectivity index (χ2v) is 4.18. The molecule has 0 amide bonds. The summed E-state index contributed by atoms with van der Waals surface area (Å²) in [5, 5.41) is 9.00. The molecule has 4 heteroatoms. The average molecular weight is 226 g/mol. The SMILES string of the molecule is O=C(O)C1CCCC1c1cc(F)cc(F)c1. The van der Waals surface area contributed by atoms with E-state index in [0.717, 1.165) is 12.5 Å². The van der Waals surface area contributed by atoms with Crippen LogP contribution >= 0.6 is 0 Å². The van der Waals surface area contributed by atoms with Gasteiger partial charge in [0.2, 0.25) is 0 Å². The van der Waals surface area contributed by atoms with E-state index in [-0.39, 0.29) is 5.92 Å². The molecule has 0 heterocycles. The average Bonchev–Trinajstić information content (AvgIpc) is 2.63. The van der Waals surface area contributed by atoms with Crippen molar-refractivity contribution >= 4 is 5.97 Å². The summed E-state index contributed by atoms with van der Waals surface area (Å²) in [5.74, 6) is -2.95. The van der Waals surface area contributed by atoms with E-state index in [0.29, 0.717) is 18.4 Å². The first-order valence-electron chi connectivity index (χ1n) is 5.26. The lowest BCUT2D eigenvalue weighted by Crippen LogP contribution is -2.17. The Balaban J connectivity index is 2.32. The van der Waals surface area contributed by atoms with E-state index in [4.69, 9.17) is 5.11 Å². The molecule has 1 aromatic carbocycles. The van der Waals surface area contributed by atoms with Crippen molar-refractivity contribution in [1.29, 1.82) is 0 Å². The molecule has 1 aliphatic carbocycles. The highest BCUT2D eigenvalue weighted by Gasteiger charge is 2.34. The quantitative estimate of drug-likeness (QED) is 0.841. The van der Waals surface area contributed by atoms with Crippen LogP contribution in [0.4, 0.5) is 8.78 Å². The Morgan fingerprint density at radius 3 is 2.38 bits per heavy atom. The molecular formula is C12H12F2O2. The highest BCUT2D eigenvalue weighted by Crippen LogP contribution is 2.40. The first-order valence-corrected chi connectivity index (χ1v) is 5.26. The molecule has 0 aromatic heterocycles. The third-order valence-electron chi connectivity index (χ3n) is 3.15. The van der Waals surface area contributed by atoms with Crippen LogP contribution in [0.3, 0.4) is 0 Å². The first kappa shape index (κ1) is 11.0. The van der Waals surface area contributed by atoms with Gasteiger partial charge in [0.05, 0.1) is 5.92 Å². The van der Waals surface area contributed by atoms with Gasteiger partial charge in [-0.3, -0.25) is 4.79 Å². The molecular weight excluding hydrogens is 214 g/mol. The zero-order chi connectivity index (χ0) is 11.7. The minimum absolute atomic E-state index is 0.261. The highest BCUT2D eigenvalue weighted by atomic mass is 19.1. The van der Waals surface area contributed by atoms with Crippen molar-refractivity contribution in [2.75, 3.05) is 0 Å². The van der Waals surface area contributed by atoms with Crippen LogP contribution in [0.5, 0.6) is 0 Å². The van der Waals surface area contributed by atoms with Gasteiger partial charge in [0.25, 0.3) is 0 Å². The largest absolute Gasteiger partial charge is 0.481 e. The van der Waals surface area contributed by atoms with E-state index in [9.17, 15) is 13.6 Å². The smallest absolute Gasteiger partial charge is 0.307 e. The van der Waals surface area contributed by atoms with E-state index in [2.05, 4.69) is 0 Å². The van der Waals surface area contributed by atoms with E-state index in [1.807, 2.05) is 0 Å². The number of carbonyl (C=O) groups is 1. The molecule has 0 radical (unpaired) electrons. The van der Waals surface area contributed by atoms with Gasteiger partial charge in [0.15, 0.2) is 0 Å². The maximum atomic E-state index is 13.0. The lowest BCUT2D eigenvalue weighted by Gasteiger charge is -2.16. The maximum absolute atomic E-state index is 13.0. The minimum Gasteiger partial charge on any atom is -0.481 e. The molecule has 0 aliphatic heterocycles. The van der Waals surface area contributed by atoms with Gasteiger partial charge in [-0.1, -0.05) is 6.42 Å². The fourth-order valence-corrected chi connectivity index (χ4v) is 2.44. The van der Waals surface area contributed by atoms with Crippen molar-refractivity contribution in [3.63, 3.8) is 0 Å². The molecule has 2 nitrogen and oxygen atoms in total. The van der Waals surface area contributed by atoms with Gasteiger partial charge >= 0.3 is 5.97 Å². The van der Waals surface area contributed by atoms with Gasteiger partial charge in [-0.05, 0) is 36.5 Å². The van der Waals surface area contributed by atoms with Crippen LogP contribution in [-0.2, 0) is 4.79 Å². The molecule has 0 spiro atoms. The summed E-state index contributed by atoms with van der Waals surface area (Å²) >= 11 is 0. The van der Waals surface area contributed by atoms with E-state index in [1.165, 1.54) is 12.1 Å². The van der Waals surface area contributed by atoms with Crippen molar-refractivity contribution in [3.05, 3.63) is 35.4 Å². The van der Waals surface area contributed by atoms with Gasteiger partial charge in [-0.15, -0.1) is 0 Å². The molecule has 86 valence electrons. The Labute approximate surface area is 91.9 Å². The molecule has 2 unspecified atom stereocenters.